The third kappa shape index (κ3) is 5.36. The first-order chi connectivity index (χ1) is 16.6. The fourth-order valence-corrected chi connectivity index (χ4v) is 5.61. The largest absolute Gasteiger partial charge is 0.339 e. The van der Waals surface area contributed by atoms with Gasteiger partial charge in [-0.1, -0.05) is 48.9 Å². The van der Waals surface area contributed by atoms with Gasteiger partial charge in [0.15, 0.2) is 0 Å². The minimum atomic E-state index is 0.298. The lowest BCUT2D eigenvalue weighted by Gasteiger charge is -2.43. The standard InChI is InChI=1S/C28H39N5O/c1-30(29)13-11-22-5-2-3-8-27(22)24-9-10-25-20-31(14-12-23(25)19-24)21-28(34)33-17-15-32(16-18-33)26-6-4-7-26/h2-3,5,8-10,19,26H,4,6-7,11-18,20-21,29H2,1H3. The predicted molar refractivity (Wildman–Crippen MR) is 137 cm³/mol. The summed E-state index contributed by atoms with van der Waals surface area (Å²) in [7, 11) is 1.91. The quantitative estimate of drug-likeness (QED) is 0.508. The molecule has 0 unspecified atom stereocenters. The number of piperazine rings is 1. The lowest BCUT2D eigenvalue weighted by Crippen LogP contribution is -2.55. The van der Waals surface area contributed by atoms with E-state index in [1.165, 1.54) is 47.1 Å². The smallest absolute Gasteiger partial charge is 0.236 e. The zero-order chi connectivity index (χ0) is 23.5. The molecule has 2 heterocycles. The van der Waals surface area contributed by atoms with Crippen LogP contribution in [0.2, 0.25) is 0 Å². The van der Waals surface area contributed by atoms with Crippen molar-refractivity contribution in [1.82, 2.24) is 19.7 Å². The molecule has 34 heavy (non-hydrogen) atoms. The second kappa shape index (κ2) is 10.6. The molecule has 0 bridgehead atoms. The number of benzene rings is 2. The van der Waals surface area contributed by atoms with Crippen LogP contribution >= 0.6 is 0 Å². The van der Waals surface area contributed by atoms with Crippen molar-refractivity contribution in [3.63, 3.8) is 0 Å². The number of amides is 1. The minimum absolute atomic E-state index is 0.298. The van der Waals surface area contributed by atoms with Gasteiger partial charge in [-0.15, -0.1) is 0 Å². The Labute approximate surface area is 204 Å². The van der Waals surface area contributed by atoms with Gasteiger partial charge in [-0.05, 0) is 53.5 Å². The first kappa shape index (κ1) is 23.5. The van der Waals surface area contributed by atoms with Crippen molar-refractivity contribution in [1.29, 1.82) is 0 Å². The molecule has 0 spiro atoms. The van der Waals surface area contributed by atoms with E-state index in [0.29, 0.717) is 12.5 Å². The first-order valence-corrected chi connectivity index (χ1v) is 13.0. The number of fused-ring (bicyclic) bond motifs is 1. The summed E-state index contributed by atoms with van der Waals surface area (Å²) < 4.78 is 0. The fourth-order valence-electron chi connectivity index (χ4n) is 5.61. The van der Waals surface area contributed by atoms with E-state index in [2.05, 4.69) is 57.2 Å². The number of nitrogens with zero attached hydrogens (tertiary/aromatic N) is 4. The maximum Gasteiger partial charge on any atom is 0.236 e. The van der Waals surface area contributed by atoms with Crippen molar-refractivity contribution in [2.45, 2.75) is 44.7 Å². The van der Waals surface area contributed by atoms with Gasteiger partial charge in [0.25, 0.3) is 0 Å². The van der Waals surface area contributed by atoms with Crippen LogP contribution in [0.15, 0.2) is 42.5 Å². The number of hydrogen-bond donors (Lipinski definition) is 1. The molecule has 2 aromatic rings. The van der Waals surface area contributed by atoms with Gasteiger partial charge in [-0.25, -0.2) is 5.01 Å². The van der Waals surface area contributed by atoms with E-state index in [0.717, 1.165) is 64.7 Å². The topological polar surface area (TPSA) is 56.1 Å². The molecule has 0 radical (unpaired) electrons. The molecule has 2 aromatic carbocycles. The molecule has 3 aliphatic rings. The van der Waals surface area contributed by atoms with Gasteiger partial charge in [-0.3, -0.25) is 20.4 Å². The molecule has 1 amide bonds. The Bertz CT molecular complexity index is 994. The number of rotatable bonds is 7. The van der Waals surface area contributed by atoms with Crippen molar-refractivity contribution in [3.05, 3.63) is 59.2 Å². The van der Waals surface area contributed by atoms with Gasteiger partial charge in [0, 0.05) is 58.9 Å². The number of carbonyl (C=O) groups is 1. The summed E-state index contributed by atoms with van der Waals surface area (Å²) in [5.41, 5.74) is 6.69. The lowest BCUT2D eigenvalue weighted by atomic mass is 9.91. The highest BCUT2D eigenvalue weighted by Crippen LogP contribution is 2.29. The summed E-state index contributed by atoms with van der Waals surface area (Å²) in [5, 5.41) is 1.74. The van der Waals surface area contributed by atoms with E-state index >= 15 is 0 Å². The summed E-state index contributed by atoms with van der Waals surface area (Å²) in [5.74, 6) is 6.14. The van der Waals surface area contributed by atoms with Crippen LogP contribution in [0.3, 0.4) is 0 Å². The summed E-state index contributed by atoms with van der Waals surface area (Å²) in [6.45, 7) is 7.06. The van der Waals surface area contributed by atoms with E-state index in [1.54, 1.807) is 5.01 Å². The van der Waals surface area contributed by atoms with E-state index < -0.39 is 0 Å². The summed E-state index contributed by atoms with van der Waals surface area (Å²) >= 11 is 0. The Morgan fingerprint density at radius 1 is 1.03 bits per heavy atom. The SMILES string of the molecule is CN(N)CCc1ccccc1-c1ccc2c(c1)CCN(CC(=O)N1CCN(C3CCC3)CC1)C2. The zero-order valence-electron chi connectivity index (χ0n) is 20.6. The Balaban J connectivity index is 1.18. The van der Waals surface area contributed by atoms with E-state index in [1.807, 2.05) is 7.05 Å². The Morgan fingerprint density at radius 2 is 1.82 bits per heavy atom. The molecule has 2 fully saturated rings. The van der Waals surface area contributed by atoms with Crippen LogP contribution in [-0.4, -0.2) is 84.5 Å². The van der Waals surface area contributed by atoms with Crippen LogP contribution in [0.5, 0.6) is 0 Å². The normalized spacial score (nSPS) is 19.8. The molecule has 2 N–H and O–H groups in total. The molecule has 182 valence electrons. The number of hydrogen-bond acceptors (Lipinski definition) is 5. The fraction of sp³-hybridized carbons (Fsp3) is 0.536. The van der Waals surface area contributed by atoms with Crippen molar-refractivity contribution < 1.29 is 4.79 Å². The highest BCUT2D eigenvalue weighted by Gasteiger charge is 2.30. The average molecular weight is 462 g/mol. The Kier molecular flexibility index (Phi) is 7.30. The van der Waals surface area contributed by atoms with Crippen LogP contribution in [0.25, 0.3) is 11.1 Å². The second-order valence-electron chi connectivity index (χ2n) is 10.3. The number of hydrazine groups is 1. The molecule has 6 nitrogen and oxygen atoms in total. The van der Waals surface area contributed by atoms with Gasteiger partial charge in [0.1, 0.15) is 0 Å². The molecule has 2 aliphatic heterocycles. The molecule has 1 saturated carbocycles. The summed E-state index contributed by atoms with van der Waals surface area (Å²) in [6.07, 6.45) is 6.00. The van der Waals surface area contributed by atoms with Gasteiger partial charge in [0.2, 0.25) is 5.91 Å². The van der Waals surface area contributed by atoms with Crippen LogP contribution in [0.1, 0.15) is 36.0 Å². The summed E-state index contributed by atoms with van der Waals surface area (Å²) in [4.78, 5) is 20.0. The average Bonchev–Trinajstić information content (AvgIpc) is 2.82. The number of carbonyl (C=O) groups excluding carboxylic acids is 1. The van der Waals surface area contributed by atoms with Crippen molar-refractivity contribution in [2.75, 3.05) is 52.9 Å². The molecule has 1 saturated heterocycles. The van der Waals surface area contributed by atoms with E-state index in [9.17, 15) is 4.79 Å². The van der Waals surface area contributed by atoms with Gasteiger partial charge in [-0.2, -0.15) is 0 Å². The summed E-state index contributed by atoms with van der Waals surface area (Å²) in [6, 6.07) is 16.3. The molecule has 0 aromatic heterocycles. The molecule has 5 rings (SSSR count). The van der Waals surface area contributed by atoms with Crippen LogP contribution in [-0.2, 0) is 24.2 Å². The maximum absolute atomic E-state index is 13.0. The first-order valence-electron chi connectivity index (χ1n) is 13.0. The van der Waals surface area contributed by atoms with Crippen LogP contribution in [0.4, 0.5) is 0 Å². The molecule has 0 atom stereocenters. The molecular weight excluding hydrogens is 422 g/mol. The third-order valence-corrected chi connectivity index (χ3v) is 7.98. The second-order valence-corrected chi connectivity index (χ2v) is 10.3. The Hall–Kier alpha value is -2.25. The number of nitrogens with two attached hydrogens (primary N) is 1. The Morgan fingerprint density at radius 3 is 2.56 bits per heavy atom. The maximum atomic E-state index is 13.0. The lowest BCUT2D eigenvalue weighted by molar-refractivity contribution is -0.135. The predicted octanol–water partition coefficient (Wildman–Crippen LogP) is 2.76. The van der Waals surface area contributed by atoms with E-state index in [-0.39, 0.29) is 0 Å². The molecule has 6 heteroatoms. The van der Waals surface area contributed by atoms with Gasteiger partial charge < -0.3 is 4.90 Å². The van der Waals surface area contributed by atoms with Gasteiger partial charge in [0.05, 0.1) is 6.54 Å². The molecular formula is C28H39N5O. The van der Waals surface area contributed by atoms with Gasteiger partial charge >= 0.3 is 0 Å². The van der Waals surface area contributed by atoms with Crippen LogP contribution in [0, 0.1) is 0 Å². The molecule has 1 aliphatic carbocycles. The van der Waals surface area contributed by atoms with Crippen molar-refractivity contribution >= 4 is 5.91 Å². The van der Waals surface area contributed by atoms with Crippen molar-refractivity contribution in [3.8, 4) is 11.1 Å². The zero-order valence-corrected chi connectivity index (χ0v) is 20.6. The third-order valence-electron chi connectivity index (χ3n) is 7.98. The highest BCUT2D eigenvalue weighted by molar-refractivity contribution is 5.78. The highest BCUT2D eigenvalue weighted by atomic mass is 16.2. The minimum Gasteiger partial charge on any atom is -0.339 e. The van der Waals surface area contributed by atoms with Crippen molar-refractivity contribution in [2.24, 2.45) is 5.84 Å². The monoisotopic (exact) mass is 461 g/mol. The number of likely N-dealkylation sites (N-methyl/N-ethyl adjacent to an activating group) is 1. The van der Waals surface area contributed by atoms with Crippen LogP contribution < -0.4 is 5.84 Å². The van der Waals surface area contributed by atoms with E-state index in [4.69, 9.17) is 5.84 Å².